The van der Waals surface area contributed by atoms with Gasteiger partial charge in [-0.15, -0.1) is 11.3 Å². The third kappa shape index (κ3) is 5.79. The van der Waals surface area contributed by atoms with E-state index in [1.165, 1.54) is 16.0 Å². The number of carbonyl (C=O) groups is 2. The van der Waals surface area contributed by atoms with E-state index in [9.17, 15) is 9.59 Å². The summed E-state index contributed by atoms with van der Waals surface area (Å²) in [6, 6.07) is 22.5. The van der Waals surface area contributed by atoms with E-state index >= 15 is 0 Å². The highest BCUT2D eigenvalue weighted by atomic mass is 32.1. The molecule has 0 saturated carbocycles. The lowest BCUT2D eigenvalue weighted by Crippen LogP contribution is -2.41. The maximum atomic E-state index is 13.2. The van der Waals surface area contributed by atoms with Gasteiger partial charge in [0, 0.05) is 50.6 Å². The fourth-order valence-corrected chi connectivity index (χ4v) is 6.11. The normalized spacial score (nSPS) is 18.4. The quantitative estimate of drug-likeness (QED) is 0.484. The monoisotopic (exact) mass is 503 g/mol. The zero-order chi connectivity index (χ0) is 24.7. The van der Waals surface area contributed by atoms with Crippen molar-refractivity contribution in [2.24, 2.45) is 0 Å². The Morgan fingerprint density at radius 1 is 0.833 bits per heavy atom. The molecule has 2 aromatic carbocycles. The van der Waals surface area contributed by atoms with Gasteiger partial charge in [0.2, 0.25) is 5.91 Å². The summed E-state index contributed by atoms with van der Waals surface area (Å²) < 4.78 is 5.63. The van der Waals surface area contributed by atoms with Crippen LogP contribution in [0.15, 0.2) is 72.1 Å². The van der Waals surface area contributed by atoms with Gasteiger partial charge in [-0.25, -0.2) is 0 Å². The molecule has 3 heterocycles. The summed E-state index contributed by atoms with van der Waals surface area (Å²) in [6.07, 6.45) is 2.32. The van der Waals surface area contributed by atoms with Crippen LogP contribution in [0.1, 0.15) is 34.9 Å². The highest BCUT2D eigenvalue weighted by molar-refractivity contribution is 7.10. The van der Waals surface area contributed by atoms with Crippen LogP contribution in [-0.4, -0.2) is 72.4 Å². The number of rotatable bonds is 7. The lowest BCUT2D eigenvalue weighted by atomic mass is 9.93. The Morgan fingerprint density at radius 2 is 1.53 bits per heavy atom. The van der Waals surface area contributed by atoms with Crippen LogP contribution >= 0.6 is 11.3 Å². The molecule has 0 unspecified atom stereocenters. The molecular formula is C29H33N3O3S. The summed E-state index contributed by atoms with van der Waals surface area (Å²) in [4.78, 5) is 33.5. The zero-order valence-corrected chi connectivity index (χ0v) is 21.4. The molecule has 3 aromatic rings. The fourth-order valence-electron chi connectivity index (χ4n) is 5.20. The van der Waals surface area contributed by atoms with E-state index in [-0.39, 0.29) is 24.5 Å². The maximum absolute atomic E-state index is 13.2. The smallest absolute Gasteiger partial charge is 0.260 e. The average Bonchev–Trinajstić information content (AvgIpc) is 3.26. The van der Waals surface area contributed by atoms with Crippen molar-refractivity contribution in [1.82, 2.24) is 14.7 Å². The molecule has 2 amide bonds. The number of hydrogen-bond acceptors (Lipinski definition) is 5. The lowest BCUT2D eigenvalue weighted by molar-refractivity contribution is -0.135. The molecule has 1 saturated heterocycles. The molecule has 7 heteroatoms. The van der Waals surface area contributed by atoms with Crippen molar-refractivity contribution < 1.29 is 14.3 Å². The first-order valence-electron chi connectivity index (χ1n) is 12.8. The molecule has 0 N–H and O–H groups in total. The van der Waals surface area contributed by atoms with Crippen molar-refractivity contribution in [3.63, 3.8) is 0 Å². The van der Waals surface area contributed by atoms with E-state index in [4.69, 9.17) is 4.74 Å². The predicted molar refractivity (Wildman–Crippen MR) is 142 cm³/mol. The second-order valence-corrected chi connectivity index (χ2v) is 10.4. The molecule has 1 aromatic heterocycles. The first kappa shape index (κ1) is 24.5. The number of para-hydroxylation sites is 1. The van der Waals surface area contributed by atoms with Crippen LogP contribution in [0.25, 0.3) is 0 Å². The topological polar surface area (TPSA) is 53.1 Å². The number of hydrogen-bond donors (Lipinski definition) is 0. The SMILES string of the molecule is O=C(CCN1CCc2sccc2[C@@H]1c1ccccc1)N1CCCN(C(=O)COc2ccccc2)CC1. The Balaban J connectivity index is 1.14. The highest BCUT2D eigenvalue weighted by Gasteiger charge is 2.30. The third-order valence-electron chi connectivity index (χ3n) is 7.10. The van der Waals surface area contributed by atoms with Crippen LogP contribution in [0.4, 0.5) is 0 Å². The van der Waals surface area contributed by atoms with E-state index in [0.29, 0.717) is 38.3 Å². The van der Waals surface area contributed by atoms with Crippen molar-refractivity contribution in [2.45, 2.75) is 25.3 Å². The molecule has 2 aliphatic heterocycles. The minimum absolute atomic E-state index is 0.0262. The lowest BCUT2D eigenvalue weighted by Gasteiger charge is -2.36. The van der Waals surface area contributed by atoms with Crippen molar-refractivity contribution >= 4 is 23.2 Å². The van der Waals surface area contributed by atoms with Crippen LogP contribution in [0.5, 0.6) is 5.75 Å². The predicted octanol–water partition coefficient (Wildman–Crippen LogP) is 4.23. The molecule has 1 fully saturated rings. The average molecular weight is 504 g/mol. The Morgan fingerprint density at radius 3 is 2.28 bits per heavy atom. The van der Waals surface area contributed by atoms with E-state index in [1.54, 1.807) is 0 Å². The van der Waals surface area contributed by atoms with Gasteiger partial charge in [-0.1, -0.05) is 48.5 Å². The molecular weight excluding hydrogens is 470 g/mol. The molecule has 188 valence electrons. The Bertz CT molecular complexity index is 1150. The van der Waals surface area contributed by atoms with Crippen molar-refractivity contribution in [2.75, 3.05) is 45.9 Å². The van der Waals surface area contributed by atoms with Gasteiger partial charge < -0.3 is 14.5 Å². The molecule has 0 spiro atoms. The van der Waals surface area contributed by atoms with E-state index in [2.05, 4.69) is 46.7 Å². The number of amides is 2. The molecule has 1 atom stereocenters. The summed E-state index contributed by atoms with van der Waals surface area (Å²) in [6.45, 7) is 4.20. The Labute approximate surface area is 217 Å². The third-order valence-corrected chi connectivity index (χ3v) is 8.10. The Kier molecular flexibility index (Phi) is 7.98. The largest absolute Gasteiger partial charge is 0.484 e. The molecule has 0 aliphatic carbocycles. The number of benzene rings is 2. The summed E-state index contributed by atoms with van der Waals surface area (Å²) in [5.74, 6) is 0.838. The van der Waals surface area contributed by atoms with Crippen LogP contribution in [-0.2, 0) is 16.0 Å². The van der Waals surface area contributed by atoms with Crippen molar-refractivity contribution in [3.05, 3.63) is 88.1 Å². The first-order chi connectivity index (χ1) is 17.7. The van der Waals surface area contributed by atoms with Crippen molar-refractivity contribution in [1.29, 1.82) is 0 Å². The molecule has 6 nitrogen and oxygen atoms in total. The van der Waals surface area contributed by atoms with Crippen molar-refractivity contribution in [3.8, 4) is 5.75 Å². The molecule has 0 radical (unpaired) electrons. The second-order valence-electron chi connectivity index (χ2n) is 9.37. The second kappa shape index (κ2) is 11.7. The van der Waals surface area contributed by atoms with E-state index in [1.807, 2.05) is 51.5 Å². The summed E-state index contributed by atoms with van der Waals surface area (Å²) in [5.41, 5.74) is 2.66. The van der Waals surface area contributed by atoms with Crippen LogP contribution < -0.4 is 4.74 Å². The van der Waals surface area contributed by atoms with Crippen LogP contribution in [0.2, 0.25) is 0 Å². The molecule has 5 rings (SSSR count). The summed E-state index contributed by atoms with van der Waals surface area (Å²) in [7, 11) is 0. The number of ether oxygens (including phenoxy) is 1. The summed E-state index contributed by atoms with van der Waals surface area (Å²) in [5, 5.41) is 2.18. The van der Waals surface area contributed by atoms with Gasteiger partial charge in [0.25, 0.3) is 5.91 Å². The van der Waals surface area contributed by atoms with E-state index < -0.39 is 0 Å². The van der Waals surface area contributed by atoms with Gasteiger partial charge in [0.1, 0.15) is 5.75 Å². The summed E-state index contributed by atoms with van der Waals surface area (Å²) >= 11 is 1.84. The fraction of sp³-hybridized carbons (Fsp3) is 0.379. The maximum Gasteiger partial charge on any atom is 0.260 e. The van der Waals surface area contributed by atoms with Gasteiger partial charge in [0.15, 0.2) is 6.61 Å². The van der Waals surface area contributed by atoms with Gasteiger partial charge in [-0.05, 0) is 47.5 Å². The molecule has 36 heavy (non-hydrogen) atoms. The van der Waals surface area contributed by atoms with E-state index in [0.717, 1.165) is 25.9 Å². The van der Waals surface area contributed by atoms with Crippen LogP contribution in [0.3, 0.4) is 0 Å². The minimum Gasteiger partial charge on any atom is -0.484 e. The minimum atomic E-state index is -0.0289. The number of carbonyl (C=O) groups excluding carboxylic acids is 2. The standard InChI is InChI=1S/C29H33N3O3S/c33-27(30-15-7-16-31(20-19-30)28(34)22-35-24-10-5-2-6-11-24)13-18-32-17-12-26-25(14-21-36-26)29(32)23-8-3-1-4-9-23/h1-6,8-11,14,21,29H,7,12-13,15-20,22H2/t29-/m0/s1. The first-order valence-corrected chi connectivity index (χ1v) is 13.7. The Hall–Kier alpha value is -3.16. The molecule has 0 bridgehead atoms. The van der Waals surface area contributed by atoms with Gasteiger partial charge in [0.05, 0.1) is 6.04 Å². The van der Waals surface area contributed by atoms with Gasteiger partial charge in [-0.3, -0.25) is 14.5 Å². The zero-order valence-electron chi connectivity index (χ0n) is 20.6. The number of fused-ring (bicyclic) bond motifs is 1. The highest BCUT2D eigenvalue weighted by Crippen LogP contribution is 2.37. The van der Waals surface area contributed by atoms with Crippen LogP contribution in [0, 0.1) is 0 Å². The van der Waals surface area contributed by atoms with Gasteiger partial charge >= 0.3 is 0 Å². The van der Waals surface area contributed by atoms with Gasteiger partial charge in [-0.2, -0.15) is 0 Å². The number of nitrogens with zero attached hydrogens (tertiary/aromatic N) is 3. The molecule has 2 aliphatic rings. The number of thiophene rings is 1.